The van der Waals surface area contributed by atoms with Crippen LogP contribution in [0, 0.1) is 0 Å². The predicted molar refractivity (Wildman–Crippen MR) is 112 cm³/mol. The average Bonchev–Trinajstić information content (AvgIpc) is 2.73. The number of aryl methyl sites for hydroxylation is 1. The SMILES string of the molecule is CCc1ccc(C2CNCCN2S(=O)(=O)c2c(OC)cccc2OC)cc1.Cl. The second kappa shape index (κ2) is 9.60. The van der Waals surface area contributed by atoms with Gasteiger partial charge in [-0.1, -0.05) is 37.3 Å². The Morgan fingerprint density at radius 1 is 1.07 bits per heavy atom. The van der Waals surface area contributed by atoms with Crippen LogP contribution in [-0.4, -0.2) is 46.6 Å². The monoisotopic (exact) mass is 426 g/mol. The molecule has 28 heavy (non-hydrogen) atoms. The van der Waals surface area contributed by atoms with Crippen LogP contribution >= 0.6 is 12.4 Å². The highest BCUT2D eigenvalue weighted by molar-refractivity contribution is 7.89. The molecule has 0 bridgehead atoms. The number of ether oxygens (including phenoxy) is 2. The Morgan fingerprint density at radius 3 is 2.21 bits per heavy atom. The van der Waals surface area contributed by atoms with Gasteiger partial charge in [-0.05, 0) is 29.7 Å². The van der Waals surface area contributed by atoms with Crippen molar-refractivity contribution in [2.45, 2.75) is 24.3 Å². The molecule has 8 heteroatoms. The molecule has 1 N–H and O–H groups in total. The molecule has 2 aromatic carbocycles. The van der Waals surface area contributed by atoms with Crippen LogP contribution in [0.5, 0.6) is 11.5 Å². The van der Waals surface area contributed by atoms with E-state index in [2.05, 4.69) is 24.4 Å². The van der Waals surface area contributed by atoms with Crippen molar-refractivity contribution < 1.29 is 17.9 Å². The van der Waals surface area contributed by atoms with Gasteiger partial charge < -0.3 is 14.8 Å². The molecule has 1 unspecified atom stereocenters. The lowest BCUT2D eigenvalue weighted by atomic mass is 10.0. The number of hydrogen-bond donors (Lipinski definition) is 1. The molecule has 1 atom stereocenters. The minimum absolute atomic E-state index is 0. The largest absolute Gasteiger partial charge is 0.495 e. The molecule has 0 spiro atoms. The number of sulfonamides is 1. The third-order valence-corrected chi connectivity index (χ3v) is 6.89. The minimum atomic E-state index is -3.82. The second-order valence-electron chi connectivity index (χ2n) is 6.42. The summed E-state index contributed by atoms with van der Waals surface area (Å²) in [5.41, 5.74) is 2.19. The third-order valence-electron chi connectivity index (χ3n) is 4.92. The summed E-state index contributed by atoms with van der Waals surface area (Å²) in [6.45, 7) is 3.63. The van der Waals surface area contributed by atoms with Crippen LogP contribution in [0.1, 0.15) is 24.1 Å². The van der Waals surface area contributed by atoms with Gasteiger partial charge in [-0.3, -0.25) is 0 Å². The maximum Gasteiger partial charge on any atom is 0.251 e. The van der Waals surface area contributed by atoms with Crippen LogP contribution in [0.25, 0.3) is 0 Å². The zero-order chi connectivity index (χ0) is 19.4. The number of hydrogen-bond acceptors (Lipinski definition) is 5. The van der Waals surface area contributed by atoms with Gasteiger partial charge in [-0.25, -0.2) is 8.42 Å². The Bertz CT molecular complexity index is 865. The molecule has 1 heterocycles. The topological polar surface area (TPSA) is 67.9 Å². The van der Waals surface area contributed by atoms with Gasteiger partial charge in [0, 0.05) is 19.6 Å². The highest BCUT2D eigenvalue weighted by atomic mass is 35.5. The molecule has 0 radical (unpaired) electrons. The molecule has 2 aromatic rings. The Labute approximate surface area is 173 Å². The zero-order valence-corrected chi connectivity index (χ0v) is 18.0. The number of rotatable bonds is 6. The van der Waals surface area contributed by atoms with E-state index in [9.17, 15) is 8.42 Å². The van der Waals surface area contributed by atoms with Gasteiger partial charge in [-0.2, -0.15) is 4.31 Å². The summed E-state index contributed by atoms with van der Waals surface area (Å²) in [4.78, 5) is 0.0760. The fourth-order valence-electron chi connectivity index (χ4n) is 3.42. The van der Waals surface area contributed by atoms with Crippen LogP contribution in [0.3, 0.4) is 0 Å². The van der Waals surface area contributed by atoms with E-state index in [0.29, 0.717) is 19.6 Å². The third kappa shape index (κ3) is 4.27. The number of piperazine rings is 1. The lowest BCUT2D eigenvalue weighted by molar-refractivity contribution is 0.268. The van der Waals surface area contributed by atoms with E-state index in [1.807, 2.05) is 12.1 Å². The molecule has 1 aliphatic heterocycles. The first kappa shape index (κ1) is 22.5. The van der Waals surface area contributed by atoms with Crippen molar-refractivity contribution in [3.05, 3.63) is 53.6 Å². The smallest absolute Gasteiger partial charge is 0.251 e. The predicted octanol–water partition coefficient (Wildman–Crippen LogP) is 3.02. The van der Waals surface area contributed by atoms with Crippen molar-refractivity contribution >= 4 is 22.4 Å². The number of methoxy groups -OCH3 is 2. The van der Waals surface area contributed by atoms with E-state index in [0.717, 1.165) is 12.0 Å². The minimum Gasteiger partial charge on any atom is -0.495 e. The molecule has 1 fully saturated rings. The molecule has 154 valence electrons. The van der Waals surface area contributed by atoms with Crippen molar-refractivity contribution in [1.29, 1.82) is 0 Å². The molecule has 0 amide bonds. The van der Waals surface area contributed by atoms with Gasteiger partial charge in [0.05, 0.1) is 20.3 Å². The Kier molecular flexibility index (Phi) is 7.71. The molecule has 1 aliphatic rings. The van der Waals surface area contributed by atoms with Crippen molar-refractivity contribution in [3.8, 4) is 11.5 Å². The summed E-state index contributed by atoms with van der Waals surface area (Å²) >= 11 is 0. The summed E-state index contributed by atoms with van der Waals surface area (Å²) in [5, 5.41) is 3.30. The number of halogens is 1. The van der Waals surface area contributed by atoms with Gasteiger partial charge >= 0.3 is 0 Å². The summed E-state index contributed by atoms with van der Waals surface area (Å²) < 4.78 is 39.4. The lowest BCUT2D eigenvalue weighted by Crippen LogP contribution is -2.48. The Hall–Kier alpha value is -1.80. The molecule has 6 nitrogen and oxygen atoms in total. The number of nitrogens with one attached hydrogen (secondary N) is 1. The zero-order valence-electron chi connectivity index (χ0n) is 16.3. The summed E-state index contributed by atoms with van der Waals surface area (Å²) in [7, 11) is -0.888. The lowest BCUT2D eigenvalue weighted by Gasteiger charge is -2.36. The van der Waals surface area contributed by atoms with E-state index < -0.39 is 10.0 Å². The Balaban J connectivity index is 0.00000280. The molecule has 1 saturated heterocycles. The second-order valence-corrected chi connectivity index (χ2v) is 8.25. The van der Waals surface area contributed by atoms with Crippen LogP contribution in [-0.2, 0) is 16.4 Å². The fraction of sp³-hybridized carbons (Fsp3) is 0.400. The van der Waals surface area contributed by atoms with Gasteiger partial charge in [0.1, 0.15) is 11.5 Å². The van der Waals surface area contributed by atoms with E-state index in [-0.39, 0.29) is 34.8 Å². The average molecular weight is 427 g/mol. The van der Waals surface area contributed by atoms with Crippen LogP contribution < -0.4 is 14.8 Å². The quantitative estimate of drug-likeness (QED) is 0.769. The number of benzene rings is 2. The van der Waals surface area contributed by atoms with Crippen LogP contribution in [0.2, 0.25) is 0 Å². The van der Waals surface area contributed by atoms with Crippen LogP contribution in [0.4, 0.5) is 0 Å². The van der Waals surface area contributed by atoms with Crippen LogP contribution in [0.15, 0.2) is 47.4 Å². The highest BCUT2D eigenvalue weighted by Crippen LogP contribution is 2.38. The van der Waals surface area contributed by atoms with Gasteiger partial charge in [-0.15, -0.1) is 12.4 Å². The molecular formula is C20H27ClN2O4S. The summed E-state index contributed by atoms with van der Waals surface area (Å²) in [6, 6.07) is 12.8. The molecule has 0 saturated carbocycles. The first-order valence-corrected chi connectivity index (χ1v) is 10.5. The standard InChI is InChI=1S/C20H26N2O4S.ClH/c1-4-15-8-10-16(11-9-15)17-14-21-12-13-22(17)27(23,24)20-18(25-2)6-5-7-19(20)26-3;/h5-11,17,21H,4,12-14H2,1-3H3;1H. The maximum atomic E-state index is 13.6. The fourth-order valence-corrected chi connectivity index (χ4v) is 5.33. The highest BCUT2D eigenvalue weighted by Gasteiger charge is 2.38. The van der Waals surface area contributed by atoms with E-state index in [1.165, 1.54) is 19.8 Å². The van der Waals surface area contributed by atoms with Crippen molar-refractivity contribution in [1.82, 2.24) is 9.62 Å². The molecule has 0 aromatic heterocycles. The molecular weight excluding hydrogens is 400 g/mol. The number of nitrogens with zero attached hydrogens (tertiary/aromatic N) is 1. The van der Waals surface area contributed by atoms with E-state index >= 15 is 0 Å². The first-order valence-electron chi connectivity index (χ1n) is 9.05. The summed E-state index contributed by atoms with van der Waals surface area (Å²) in [6.07, 6.45) is 0.948. The van der Waals surface area contributed by atoms with Crippen molar-refractivity contribution in [2.75, 3.05) is 33.9 Å². The normalized spacial score (nSPS) is 17.6. The van der Waals surface area contributed by atoms with E-state index in [4.69, 9.17) is 9.47 Å². The van der Waals surface area contributed by atoms with Crippen molar-refractivity contribution in [2.24, 2.45) is 0 Å². The van der Waals surface area contributed by atoms with Gasteiger partial charge in [0.15, 0.2) is 4.90 Å². The van der Waals surface area contributed by atoms with Gasteiger partial charge in [0.2, 0.25) is 0 Å². The van der Waals surface area contributed by atoms with E-state index in [1.54, 1.807) is 22.5 Å². The van der Waals surface area contributed by atoms with Gasteiger partial charge in [0.25, 0.3) is 10.0 Å². The Morgan fingerprint density at radius 2 is 1.68 bits per heavy atom. The molecule has 0 aliphatic carbocycles. The summed E-state index contributed by atoms with van der Waals surface area (Å²) in [5.74, 6) is 0.570. The molecule has 3 rings (SSSR count). The van der Waals surface area contributed by atoms with Crippen molar-refractivity contribution in [3.63, 3.8) is 0 Å². The first-order chi connectivity index (χ1) is 13.0. The maximum absolute atomic E-state index is 13.6.